The smallest absolute Gasteiger partial charge is 0.404 e. The number of fused-ring (bicyclic) bond motifs is 1. The molecule has 2 saturated carbocycles. The van der Waals surface area contributed by atoms with Gasteiger partial charge in [0.05, 0.1) is 11.1 Å². The Morgan fingerprint density at radius 1 is 1.42 bits per heavy atom. The van der Waals surface area contributed by atoms with Crippen molar-refractivity contribution in [1.29, 1.82) is 0 Å². The zero-order chi connectivity index (χ0) is 17.3. The van der Waals surface area contributed by atoms with Gasteiger partial charge in [-0.15, -0.1) is 0 Å². The second-order valence-corrected chi connectivity index (χ2v) is 6.33. The maximum absolute atomic E-state index is 13.3. The molecule has 2 amide bonds. The van der Waals surface area contributed by atoms with Crippen LogP contribution in [0, 0.1) is 11.7 Å². The molecule has 7 nitrogen and oxygen atoms in total. The van der Waals surface area contributed by atoms with Gasteiger partial charge in [-0.1, -0.05) is 11.6 Å². The van der Waals surface area contributed by atoms with Crippen molar-refractivity contribution in [1.82, 2.24) is 16.0 Å². The number of hydrogen-bond donors (Lipinski definition) is 4. The Labute approximate surface area is 142 Å². The van der Waals surface area contributed by atoms with Crippen LogP contribution in [0.4, 0.5) is 9.18 Å². The summed E-state index contributed by atoms with van der Waals surface area (Å²) in [6.45, 7) is 0.617. The highest BCUT2D eigenvalue weighted by molar-refractivity contribution is 6.30. The van der Waals surface area contributed by atoms with E-state index in [0.29, 0.717) is 19.0 Å². The van der Waals surface area contributed by atoms with E-state index in [0.717, 1.165) is 12.5 Å². The van der Waals surface area contributed by atoms with Crippen LogP contribution < -0.4 is 20.7 Å². The Balaban J connectivity index is 1.36. The molecular formula is C15H17ClFN3O4. The number of ether oxygens (including phenoxy) is 1. The molecular weight excluding hydrogens is 341 g/mol. The fourth-order valence-corrected chi connectivity index (χ4v) is 2.96. The van der Waals surface area contributed by atoms with Crippen LogP contribution in [0.25, 0.3) is 0 Å². The second-order valence-electron chi connectivity index (χ2n) is 5.92. The predicted octanol–water partition coefficient (Wildman–Crippen LogP) is 0.972. The Kier molecular flexibility index (Phi) is 4.51. The number of carboxylic acid groups (broad SMARTS) is 1. The van der Waals surface area contributed by atoms with Crippen molar-refractivity contribution in [3.05, 3.63) is 29.0 Å². The summed E-state index contributed by atoms with van der Waals surface area (Å²) in [5.74, 6) is -0.261. The first-order valence-corrected chi connectivity index (χ1v) is 7.89. The summed E-state index contributed by atoms with van der Waals surface area (Å²) in [7, 11) is 0. The van der Waals surface area contributed by atoms with Crippen LogP contribution in [0.15, 0.2) is 18.2 Å². The normalized spacial score (nSPS) is 26.2. The van der Waals surface area contributed by atoms with E-state index >= 15 is 0 Å². The third-order valence-electron chi connectivity index (χ3n) is 4.34. The van der Waals surface area contributed by atoms with Crippen molar-refractivity contribution >= 4 is 23.6 Å². The van der Waals surface area contributed by atoms with Gasteiger partial charge in [0.25, 0.3) is 5.91 Å². The molecule has 24 heavy (non-hydrogen) atoms. The number of rotatable bonds is 8. The Morgan fingerprint density at radius 2 is 2.21 bits per heavy atom. The minimum absolute atomic E-state index is 0.00438. The summed E-state index contributed by atoms with van der Waals surface area (Å²) in [6, 6.07) is 4.03. The van der Waals surface area contributed by atoms with Crippen molar-refractivity contribution in [3.63, 3.8) is 0 Å². The van der Waals surface area contributed by atoms with Gasteiger partial charge in [0.15, 0.2) is 6.61 Å². The first-order valence-electron chi connectivity index (χ1n) is 7.51. The number of amides is 2. The highest BCUT2D eigenvalue weighted by Gasteiger charge is 2.79. The maximum atomic E-state index is 13.3. The highest BCUT2D eigenvalue weighted by Crippen LogP contribution is 2.66. The first-order chi connectivity index (χ1) is 11.4. The van der Waals surface area contributed by atoms with Crippen LogP contribution in [-0.2, 0) is 4.79 Å². The molecule has 0 spiro atoms. The van der Waals surface area contributed by atoms with Crippen LogP contribution in [0.1, 0.15) is 6.42 Å². The molecule has 2 aliphatic rings. The summed E-state index contributed by atoms with van der Waals surface area (Å²) in [6.07, 6.45) is -0.0908. The number of halogens is 2. The van der Waals surface area contributed by atoms with Crippen LogP contribution >= 0.6 is 11.6 Å². The van der Waals surface area contributed by atoms with E-state index in [1.54, 1.807) is 0 Å². The van der Waals surface area contributed by atoms with Crippen LogP contribution in [0.3, 0.4) is 0 Å². The van der Waals surface area contributed by atoms with Crippen molar-refractivity contribution in [2.24, 2.45) is 5.92 Å². The fraction of sp³-hybridized carbons (Fsp3) is 0.467. The van der Waals surface area contributed by atoms with E-state index in [4.69, 9.17) is 21.4 Å². The first kappa shape index (κ1) is 16.8. The number of carbonyl (C=O) groups excluding carboxylic acids is 1. The zero-order valence-corrected chi connectivity index (χ0v) is 13.4. The molecule has 0 saturated heterocycles. The third-order valence-corrected chi connectivity index (χ3v) is 4.65. The summed E-state index contributed by atoms with van der Waals surface area (Å²) in [5.41, 5.74) is -0.0950. The Hall–Kier alpha value is -2.06. The molecule has 3 atom stereocenters. The Bertz CT molecular complexity index is 674. The lowest BCUT2D eigenvalue weighted by atomic mass is 10.2. The number of hydrogen-bond acceptors (Lipinski definition) is 4. The van der Waals surface area contributed by atoms with Gasteiger partial charge in [-0.3, -0.25) is 4.79 Å². The minimum Gasteiger partial charge on any atom is -0.484 e. The van der Waals surface area contributed by atoms with Gasteiger partial charge in [0, 0.05) is 30.6 Å². The molecule has 0 heterocycles. The zero-order valence-electron chi connectivity index (χ0n) is 12.6. The molecule has 4 N–H and O–H groups in total. The quantitative estimate of drug-likeness (QED) is 0.520. The third kappa shape index (κ3) is 3.54. The molecule has 0 aromatic heterocycles. The van der Waals surface area contributed by atoms with E-state index in [9.17, 15) is 14.0 Å². The van der Waals surface area contributed by atoms with Gasteiger partial charge in [0.2, 0.25) is 0 Å². The van der Waals surface area contributed by atoms with Crippen LogP contribution in [0.2, 0.25) is 5.02 Å². The Morgan fingerprint density at radius 3 is 2.88 bits per heavy atom. The van der Waals surface area contributed by atoms with E-state index in [1.807, 2.05) is 0 Å². The minimum atomic E-state index is -1.06. The molecule has 0 bridgehead atoms. The predicted molar refractivity (Wildman–Crippen MR) is 83.7 cm³/mol. The lowest BCUT2D eigenvalue weighted by molar-refractivity contribution is -0.123. The topological polar surface area (TPSA) is 99.7 Å². The van der Waals surface area contributed by atoms with E-state index in [2.05, 4.69) is 16.0 Å². The number of carbonyl (C=O) groups is 2. The van der Waals surface area contributed by atoms with E-state index in [-0.39, 0.29) is 34.9 Å². The summed E-state index contributed by atoms with van der Waals surface area (Å²) >= 11 is 5.57. The molecule has 0 radical (unpaired) electrons. The largest absolute Gasteiger partial charge is 0.484 e. The average molecular weight is 358 g/mol. The number of benzene rings is 1. The van der Waals surface area contributed by atoms with Crippen molar-refractivity contribution < 1.29 is 23.8 Å². The molecule has 2 aliphatic carbocycles. The van der Waals surface area contributed by atoms with Crippen molar-refractivity contribution in [2.45, 2.75) is 18.0 Å². The fourth-order valence-electron chi connectivity index (χ4n) is 2.85. The standard InChI is InChI=1S/C15H17ClFN3O4/c16-10-2-1-8(5-11(10)17)24-7-12(21)20-13-9-6-15(9,13)19-4-3-18-14(22)23/h1-2,5,9,13,18-19H,3-4,6-7H2,(H,20,21)(H,22,23). The van der Waals surface area contributed by atoms with Gasteiger partial charge < -0.3 is 25.8 Å². The van der Waals surface area contributed by atoms with E-state index in [1.165, 1.54) is 12.1 Å². The summed E-state index contributed by atoms with van der Waals surface area (Å²) in [5, 5.41) is 16.9. The maximum Gasteiger partial charge on any atom is 0.404 e. The molecule has 3 unspecified atom stereocenters. The van der Waals surface area contributed by atoms with Gasteiger partial charge in [-0.2, -0.15) is 0 Å². The molecule has 1 aromatic carbocycles. The van der Waals surface area contributed by atoms with Crippen molar-refractivity contribution in [2.75, 3.05) is 19.7 Å². The number of nitrogens with one attached hydrogen (secondary N) is 3. The molecule has 0 aliphatic heterocycles. The molecule has 3 rings (SSSR count). The molecule has 1 aromatic rings. The van der Waals surface area contributed by atoms with E-state index < -0.39 is 11.9 Å². The molecule has 130 valence electrons. The monoisotopic (exact) mass is 357 g/mol. The average Bonchev–Trinajstić information content (AvgIpc) is 3.39. The second kappa shape index (κ2) is 6.45. The van der Waals surface area contributed by atoms with Crippen LogP contribution in [-0.4, -0.2) is 48.4 Å². The van der Waals surface area contributed by atoms with Crippen molar-refractivity contribution in [3.8, 4) is 5.75 Å². The summed E-state index contributed by atoms with van der Waals surface area (Å²) < 4.78 is 18.5. The highest BCUT2D eigenvalue weighted by atomic mass is 35.5. The summed E-state index contributed by atoms with van der Waals surface area (Å²) in [4.78, 5) is 22.2. The molecule has 2 fully saturated rings. The molecule has 9 heteroatoms. The lowest BCUT2D eigenvalue weighted by Crippen LogP contribution is -2.43. The van der Waals surface area contributed by atoms with Crippen LogP contribution in [0.5, 0.6) is 5.75 Å². The van der Waals surface area contributed by atoms with Gasteiger partial charge in [-0.25, -0.2) is 9.18 Å². The lowest BCUT2D eigenvalue weighted by Gasteiger charge is -2.15. The van der Waals surface area contributed by atoms with Gasteiger partial charge in [-0.05, 0) is 18.6 Å². The van der Waals surface area contributed by atoms with Gasteiger partial charge in [0.1, 0.15) is 11.6 Å². The SMILES string of the molecule is O=C(O)NCCNC12CC1C2NC(=O)COc1ccc(Cl)c(F)c1. The van der Waals surface area contributed by atoms with Gasteiger partial charge >= 0.3 is 6.09 Å².